The fourth-order valence-corrected chi connectivity index (χ4v) is 3.56. The van der Waals surface area contributed by atoms with E-state index in [-0.39, 0.29) is 0 Å². The van der Waals surface area contributed by atoms with Gasteiger partial charge in [-0.2, -0.15) is 0 Å². The Balaban J connectivity index is 0.000000140. The molecule has 0 fully saturated rings. The molecule has 0 bridgehead atoms. The van der Waals surface area contributed by atoms with Crippen LogP contribution in [-0.2, 0) is 0 Å². The van der Waals surface area contributed by atoms with Gasteiger partial charge in [-0.05, 0) is 60.7 Å². The molecule has 2 N–H and O–H groups in total. The minimum absolute atomic E-state index is 1.12. The first-order chi connectivity index (χ1) is 11.3. The Labute approximate surface area is 148 Å². The lowest BCUT2D eigenvalue weighted by molar-refractivity contribution is 1.10. The first-order valence-electron chi connectivity index (χ1n) is 7.69. The van der Waals surface area contributed by atoms with Gasteiger partial charge in [-0.1, -0.05) is 22.9 Å². The Hall–Kier alpha value is -1.65. The summed E-state index contributed by atoms with van der Waals surface area (Å²) in [6, 6.07) is 16.9. The number of H-pyrrole nitrogens is 2. The second-order valence-corrected chi connectivity index (χ2v) is 7.37. The van der Waals surface area contributed by atoms with E-state index in [0.29, 0.717) is 0 Å². The molecule has 2 aromatic heterocycles. The highest BCUT2D eigenvalue weighted by Crippen LogP contribution is 2.23. The molecule has 4 aromatic rings. The average Bonchev–Trinajstić information content (AvgIpc) is 3.21. The van der Waals surface area contributed by atoms with Gasteiger partial charge in [0.05, 0.1) is 0 Å². The van der Waals surface area contributed by atoms with Gasteiger partial charge in [-0.15, -0.1) is 11.8 Å². The lowest BCUT2D eigenvalue weighted by Gasteiger charge is -1.99. The molecule has 0 aliphatic carbocycles. The van der Waals surface area contributed by atoms with Gasteiger partial charge in [0.25, 0.3) is 0 Å². The van der Waals surface area contributed by atoms with Gasteiger partial charge in [0.2, 0.25) is 0 Å². The van der Waals surface area contributed by atoms with E-state index < -0.39 is 0 Å². The number of thioether (sulfide) groups is 1. The standard InChI is InChI=1S/C11H13NS.C8H6BrN/c1-2-7-13-10-3-4-11-9(8-10)5-6-12-11;9-7-1-2-8-6(5-7)3-4-10-8/h3-6,8,12H,2,7H2,1H3;1-5,10H. The van der Waals surface area contributed by atoms with Gasteiger partial charge >= 0.3 is 0 Å². The van der Waals surface area contributed by atoms with Crippen molar-refractivity contribution < 1.29 is 0 Å². The molecule has 2 nitrogen and oxygen atoms in total. The lowest BCUT2D eigenvalue weighted by Crippen LogP contribution is -1.75. The predicted molar refractivity (Wildman–Crippen MR) is 105 cm³/mol. The summed E-state index contributed by atoms with van der Waals surface area (Å²) in [5.74, 6) is 1.20. The monoisotopic (exact) mass is 386 g/mol. The number of hydrogen-bond acceptors (Lipinski definition) is 1. The van der Waals surface area contributed by atoms with Crippen molar-refractivity contribution in [2.45, 2.75) is 18.2 Å². The normalized spacial score (nSPS) is 10.7. The minimum Gasteiger partial charge on any atom is -0.361 e. The van der Waals surface area contributed by atoms with Crippen LogP contribution in [0.5, 0.6) is 0 Å². The summed E-state index contributed by atoms with van der Waals surface area (Å²) in [6.45, 7) is 2.21. The smallest absolute Gasteiger partial charge is 0.0454 e. The Bertz CT molecular complexity index is 894. The molecule has 23 heavy (non-hydrogen) atoms. The van der Waals surface area contributed by atoms with Crippen molar-refractivity contribution in [3.63, 3.8) is 0 Å². The van der Waals surface area contributed by atoms with Gasteiger partial charge < -0.3 is 9.97 Å². The summed E-state index contributed by atoms with van der Waals surface area (Å²) in [5, 5.41) is 2.55. The molecule has 2 aromatic carbocycles. The number of nitrogens with one attached hydrogen (secondary N) is 2. The van der Waals surface area contributed by atoms with Gasteiger partial charge in [-0.3, -0.25) is 0 Å². The predicted octanol–water partition coefficient (Wildman–Crippen LogP) is 6.60. The second-order valence-electron chi connectivity index (χ2n) is 5.28. The van der Waals surface area contributed by atoms with Crippen LogP contribution in [-0.4, -0.2) is 15.7 Å². The van der Waals surface area contributed by atoms with E-state index in [1.165, 1.54) is 38.9 Å². The van der Waals surface area contributed by atoms with Crippen LogP contribution in [0.15, 0.2) is 70.3 Å². The molecule has 0 atom stereocenters. The maximum Gasteiger partial charge on any atom is 0.0454 e. The SMILES string of the molecule is Brc1ccc2[nH]ccc2c1.CCCSc1ccc2[nH]ccc2c1. The summed E-state index contributed by atoms with van der Waals surface area (Å²) in [6.07, 6.45) is 5.16. The van der Waals surface area contributed by atoms with Crippen LogP contribution < -0.4 is 0 Å². The minimum atomic E-state index is 1.12. The Morgan fingerprint density at radius 3 is 2.22 bits per heavy atom. The zero-order chi connectivity index (χ0) is 16.1. The Morgan fingerprint density at radius 1 is 0.870 bits per heavy atom. The lowest BCUT2D eigenvalue weighted by atomic mass is 10.2. The number of halogens is 1. The summed E-state index contributed by atoms with van der Waals surface area (Å²) >= 11 is 5.33. The molecule has 4 heteroatoms. The summed E-state index contributed by atoms with van der Waals surface area (Å²) < 4.78 is 1.12. The molecule has 0 amide bonds. The van der Waals surface area contributed by atoms with Crippen LogP contribution in [0.2, 0.25) is 0 Å². The molecule has 4 rings (SSSR count). The molecule has 0 saturated carbocycles. The van der Waals surface area contributed by atoms with E-state index in [4.69, 9.17) is 0 Å². The van der Waals surface area contributed by atoms with E-state index in [1.54, 1.807) is 0 Å². The van der Waals surface area contributed by atoms with Gasteiger partial charge in [0, 0.05) is 43.6 Å². The van der Waals surface area contributed by atoms with Crippen molar-refractivity contribution in [2.75, 3.05) is 5.75 Å². The van der Waals surface area contributed by atoms with Gasteiger partial charge in [0.1, 0.15) is 0 Å². The fourth-order valence-electron chi connectivity index (χ4n) is 2.37. The molecule has 0 saturated heterocycles. The van der Waals surface area contributed by atoms with Crippen molar-refractivity contribution >= 4 is 49.5 Å². The first kappa shape index (κ1) is 16.2. The first-order valence-corrected chi connectivity index (χ1v) is 9.46. The number of benzene rings is 2. The van der Waals surface area contributed by atoms with Crippen LogP contribution >= 0.6 is 27.7 Å². The second kappa shape index (κ2) is 7.75. The number of aromatic nitrogens is 2. The molecule has 2 heterocycles. The third-order valence-electron chi connectivity index (χ3n) is 3.51. The van der Waals surface area contributed by atoms with Crippen molar-refractivity contribution in [3.05, 3.63) is 65.4 Å². The zero-order valence-electron chi connectivity index (χ0n) is 13.0. The van der Waals surface area contributed by atoms with Crippen LogP contribution in [0.25, 0.3) is 21.8 Å². The van der Waals surface area contributed by atoms with Crippen LogP contribution in [0, 0.1) is 0 Å². The van der Waals surface area contributed by atoms with Crippen LogP contribution in [0.3, 0.4) is 0 Å². The molecular weight excluding hydrogens is 368 g/mol. The summed E-state index contributed by atoms with van der Waals surface area (Å²) in [4.78, 5) is 7.69. The van der Waals surface area contributed by atoms with Crippen molar-refractivity contribution in [2.24, 2.45) is 0 Å². The van der Waals surface area contributed by atoms with Gasteiger partial charge in [-0.25, -0.2) is 0 Å². The third-order valence-corrected chi connectivity index (χ3v) is 5.21. The average molecular weight is 387 g/mol. The molecule has 0 aliphatic heterocycles. The topological polar surface area (TPSA) is 31.6 Å². The summed E-state index contributed by atoms with van der Waals surface area (Å²) in [7, 11) is 0. The van der Waals surface area contributed by atoms with Crippen LogP contribution in [0.4, 0.5) is 0 Å². The van der Waals surface area contributed by atoms with E-state index >= 15 is 0 Å². The van der Waals surface area contributed by atoms with Crippen molar-refractivity contribution in [3.8, 4) is 0 Å². The molecule has 0 spiro atoms. The molecular formula is C19H19BrN2S. The van der Waals surface area contributed by atoms with E-state index in [2.05, 4.69) is 75.3 Å². The quantitative estimate of drug-likeness (QED) is 0.381. The Morgan fingerprint density at radius 2 is 1.52 bits per heavy atom. The van der Waals surface area contributed by atoms with Gasteiger partial charge in [0.15, 0.2) is 0 Å². The molecule has 118 valence electrons. The Kier molecular flexibility index (Phi) is 5.47. The number of rotatable bonds is 3. The molecule has 0 unspecified atom stereocenters. The third kappa shape index (κ3) is 4.21. The van der Waals surface area contributed by atoms with Crippen molar-refractivity contribution in [1.82, 2.24) is 9.97 Å². The maximum atomic E-state index is 3.40. The van der Waals surface area contributed by atoms with E-state index in [9.17, 15) is 0 Å². The van der Waals surface area contributed by atoms with Crippen LogP contribution in [0.1, 0.15) is 13.3 Å². The number of hydrogen-bond donors (Lipinski definition) is 2. The highest BCUT2D eigenvalue weighted by Gasteiger charge is 1.96. The fraction of sp³-hybridized carbons (Fsp3) is 0.158. The number of fused-ring (bicyclic) bond motifs is 2. The largest absolute Gasteiger partial charge is 0.361 e. The molecule has 0 radical (unpaired) electrons. The van der Waals surface area contributed by atoms with E-state index in [1.807, 2.05) is 30.2 Å². The molecule has 0 aliphatic rings. The maximum absolute atomic E-state index is 3.40. The van der Waals surface area contributed by atoms with E-state index in [0.717, 1.165) is 4.47 Å². The number of aromatic amines is 2. The zero-order valence-corrected chi connectivity index (χ0v) is 15.4. The highest BCUT2D eigenvalue weighted by molar-refractivity contribution is 9.10. The van der Waals surface area contributed by atoms with Crippen molar-refractivity contribution in [1.29, 1.82) is 0 Å². The summed E-state index contributed by atoms with van der Waals surface area (Å²) in [5.41, 5.74) is 2.41. The highest BCUT2D eigenvalue weighted by atomic mass is 79.9.